The summed E-state index contributed by atoms with van der Waals surface area (Å²) in [5.74, 6) is 0.629. The minimum atomic E-state index is 0.629. The van der Waals surface area contributed by atoms with Crippen LogP contribution in [0.1, 0.15) is 0 Å². The van der Waals surface area contributed by atoms with Gasteiger partial charge in [-0.2, -0.15) is 0 Å². The van der Waals surface area contributed by atoms with Crippen molar-refractivity contribution >= 4 is 87.2 Å². The first-order valence-electron chi connectivity index (χ1n) is 20.0. The molecule has 0 saturated carbocycles. The van der Waals surface area contributed by atoms with Gasteiger partial charge in [0, 0.05) is 43.3 Å². The average Bonchev–Trinajstić information content (AvgIpc) is 3.96. The van der Waals surface area contributed by atoms with Gasteiger partial charge in [-0.05, 0) is 65.0 Å². The third kappa shape index (κ3) is 4.61. The van der Waals surface area contributed by atoms with Crippen molar-refractivity contribution in [3.8, 4) is 34.0 Å². The number of hydrogen-bond acceptors (Lipinski definition) is 3. The maximum Gasteiger partial charge on any atom is 0.235 e. The molecule has 0 spiro atoms. The Kier molecular flexibility index (Phi) is 6.66. The van der Waals surface area contributed by atoms with Crippen LogP contribution < -0.4 is 0 Å². The Hall–Kier alpha value is -8.02. The molecule has 59 heavy (non-hydrogen) atoms. The number of aromatic nitrogens is 4. The van der Waals surface area contributed by atoms with Crippen molar-refractivity contribution in [2.24, 2.45) is 0 Å². The summed E-state index contributed by atoms with van der Waals surface area (Å²) in [7, 11) is 0. The highest BCUT2D eigenvalue weighted by atomic mass is 16.3. The molecule has 4 heterocycles. The number of fused-ring (bicyclic) bond motifs is 13. The summed E-state index contributed by atoms with van der Waals surface area (Å²) >= 11 is 0. The first kappa shape index (κ1) is 32.1. The van der Waals surface area contributed by atoms with E-state index in [2.05, 4.69) is 197 Å². The second-order valence-corrected chi connectivity index (χ2v) is 15.3. The topological polar surface area (TPSA) is 48.8 Å². The summed E-state index contributed by atoms with van der Waals surface area (Å²) in [4.78, 5) is 10.8. The third-order valence-electron chi connectivity index (χ3n) is 12.1. The van der Waals surface area contributed by atoms with Crippen LogP contribution in [-0.2, 0) is 0 Å². The third-order valence-corrected chi connectivity index (χ3v) is 12.1. The monoisotopic (exact) mass is 752 g/mol. The fourth-order valence-electron chi connectivity index (χ4n) is 9.53. The fourth-order valence-corrected chi connectivity index (χ4v) is 9.53. The van der Waals surface area contributed by atoms with E-state index in [0.717, 1.165) is 93.4 Å². The summed E-state index contributed by atoms with van der Waals surface area (Å²) in [6.07, 6.45) is 0. The van der Waals surface area contributed by atoms with E-state index >= 15 is 0 Å². The molecule has 0 bridgehead atoms. The van der Waals surface area contributed by atoms with Gasteiger partial charge in [-0.1, -0.05) is 146 Å². The summed E-state index contributed by atoms with van der Waals surface area (Å²) in [5.41, 5.74) is 12.4. The summed E-state index contributed by atoms with van der Waals surface area (Å²) in [6, 6.07) is 68.8. The van der Waals surface area contributed by atoms with E-state index < -0.39 is 0 Å². The van der Waals surface area contributed by atoms with Gasteiger partial charge in [0.2, 0.25) is 5.95 Å². The van der Waals surface area contributed by atoms with Crippen molar-refractivity contribution in [2.75, 3.05) is 0 Å². The molecule has 4 aromatic heterocycles. The van der Waals surface area contributed by atoms with Crippen molar-refractivity contribution in [2.45, 2.75) is 0 Å². The lowest BCUT2D eigenvalue weighted by molar-refractivity contribution is 0.673. The zero-order valence-electron chi connectivity index (χ0n) is 31.7. The molecule has 274 valence electrons. The first-order valence-corrected chi connectivity index (χ1v) is 20.0. The highest BCUT2D eigenvalue weighted by molar-refractivity contribution is 6.31. The van der Waals surface area contributed by atoms with Crippen LogP contribution in [0.25, 0.3) is 121 Å². The van der Waals surface area contributed by atoms with Gasteiger partial charge in [0.05, 0.1) is 44.4 Å². The van der Waals surface area contributed by atoms with Gasteiger partial charge in [0.1, 0.15) is 11.2 Å². The molecule has 0 radical (unpaired) electrons. The molecular weight excluding hydrogens is 721 g/mol. The fraction of sp³-hybridized carbons (Fsp3) is 0. The van der Waals surface area contributed by atoms with Crippen LogP contribution in [0.2, 0.25) is 0 Å². The maximum atomic E-state index is 6.77. The number of nitrogens with zero attached hydrogens (tertiary/aromatic N) is 4. The van der Waals surface area contributed by atoms with Crippen molar-refractivity contribution in [1.29, 1.82) is 0 Å². The van der Waals surface area contributed by atoms with Crippen LogP contribution in [0, 0.1) is 0 Å². The Morgan fingerprint density at radius 2 is 1.02 bits per heavy atom. The molecule has 5 nitrogen and oxygen atoms in total. The van der Waals surface area contributed by atoms with Gasteiger partial charge in [0.25, 0.3) is 0 Å². The number of para-hydroxylation sites is 3. The van der Waals surface area contributed by atoms with Crippen LogP contribution in [0.3, 0.4) is 0 Å². The standard InChI is InChI=1S/C54H32N4O/c1-2-13-33(14-3-1)34-25-27-36(28-26-34)51-40-19-6-9-21-43(40)55-54(56-51)58-45-22-10-7-20-41(45)49-46(58)32-30-42-50-47(31-29-39-38-18-8-11-24-48(38)59-53(39)50)57(52(42)49)44-23-12-16-35-15-4-5-17-37(35)44/h1-32H. The lowest BCUT2D eigenvalue weighted by atomic mass is 10.0. The number of benzene rings is 9. The Labute approximate surface area is 337 Å². The highest BCUT2D eigenvalue weighted by Crippen LogP contribution is 2.46. The lowest BCUT2D eigenvalue weighted by Gasteiger charge is -2.13. The van der Waals surface area contributed by atoms with E-state index in [1.807, 2.05) is 6.07 Å². The molecule has 13 aromatic rings. The number of furan rings is 1. The zero-order valence-corrected chi connectivity index (χ0v) is 31.7. The average molecular weight is 753 g/mol. The zero-order chi connectivity index (χ0) is 38.6. The minimum Gasteiger partial charge on any atom is -0.455 e. The predicted octanol–water partition coefficient (Wildman–Crippen LogP) is 14.2. The van der Waals surface area contributed by atoms with Crippen LogP contribution in [0.15, 0.2) is 199 Å². The van der Waals surface area contributed by atoms with Gasteiger partial charge in [0.15, 0.2) is 0 Å². The molecular formula is C54H32N4O. The van der Waals surface area contributed by atoms with Gasteiger partial charge in [-0.25, -0.2) is 9.97 Å². The molecule has 0 amide bonds. The van der Waals surface area contributed by atoms with E-state index in [1.54, 1.807) is 0 Å². The second-order valence-electron chi connectivity index (χ2n) is 15.3. The van der Waals surface area contributed by atoms with Crippen LogP contribution in [0.4, 0.5) is 0 Å². The number of rotatable bonds is 4. The number of hydrogen-bond donors (Lipinski definition) is 0. The van der Waals surface area contributed by atoms with E-state index in [1.165, 1.54) is 21.9 Å². The predicted molar refractivity (Wildman–Crippen MR) is 244 cm³/mol. The Balaban J connectivity index is 1.15. The molecule has 0 aliphatic carbocycles. The highest BCUT2D eigenvalue weighted by Gasteiger charge is 2.25. The maximum absolute atomic E-state index is 6.77. The van der Waals surface area contributed by atoms with E-state index in [0.29, 0.717) is 5.95 Å². The molecule has 0 N–H and O–H groups in total. The molecule has 0 saturated heterocycles. The van der Waals surface area contributed by atoms with Crippen molar-refractivity contribution in [3.05, 3.63) is 194 Å². The quantitative estimate of drug-likeness (QED) is 0.180. The molecule has 0 unspecified atom stereocenters. The van der Waals surface area contributed by atoms with Gasteiger partial charge in [-0.3, -0.25) is 4.57 Å². The van der Waals surface area contributed by atoms with Crippen molar-refractivity contribution in [1.82, 2.24) is 19.1 Å². The molecule has 9 aromatic carbocycles. The van der Waals surface area contributed by atoms with Crippen LogP contribution in [0.5, 0.6) is 0 Å². The Morgan fingerprint density at radius 1 is 0.373 bits per heavy atom. The lowest BCUT2D eigenvalue weighted by Crippen LogP contribution is -2.03. The molecule has 13 rings (SSSR count). The van der Waals surface area contributed by atoms with E-state index in [-0.39, 0.29) is 0 Å². The molecule has 5 heteroatoms. The van der Waals surface area contributed by atoms with Gasteiger partial charge >= 0.3 is 0 Å². The Morgan fingerprint density at radius 3 is 1.88 bits per heavy atom. The van der Waals surface area contributed by atoms with E-state index in [4.69, 9.17) is 14.4 Å². The van der Waals surface area contributed by atoms with E-state index in [9.17, 15) is 0 Å². The van der Waals surface area contributed by atoms with Gasteiger partial charge in [-0.15, -0.1) is 0 Å². The molecule has 0 atom stereocenters. The first-order chi connectivity index (χ1) is 29.3. The van der Waals surface area contributed by atoms with Crippen molar-refractivity contribution in [3.63, 3.8) is 0 Å². The van der Waals surface area contributed by atoms with Crippen LogP contribution in [-0.4, -0.2) is 19.1 Å². The van der Waals surface area contributed by atoms with Gasteiger partial charge < -0.3 is 8.98 Å². The molecule has 0 aliphatic heterocycles. The summed E-state index contributed by atoms with van der Waals surface area (Å²) < 4.78 is 11.5. The normalized spacial score (nSPS) is 12.1. The SMILES string of the molecule is c1ccc(-c2ccc(-c3nc(-n4c5ccccc5c5c4ccc4c6c7oc8ccccc8c7ccc6n(-c6cccc7ccccc67)c45)nc4ccccc34)cc2)cc1. The summed E-state index contributed by atoms with van der Waals surface area (Å²) in [6.45, 7) is 0. The molecule has 0 fully saturated rings. The molecule has 0 aliphatic rings. The summed E-state index contributed by atoms with van der Waals surface area (Å²) in [5, 5.41) is 10.1. The largest absolute Gasteiger partial charge is 0.455 e. The Bertz CT molecular complexity index is 3830. The van der Waals surface area contributed by atoms with Crippen LogP contribution >= 0.6 is 0 Å². The smallest absolute Gasteiger partial charge is 0.235 e. The minimum absolute atomic E-state index is 0.629. The van der Waals surface area contributed by atoms with Crippen molar-refractivity contribution < 1.29 is 4.42 Å². The second kappa shape index (κ2) is 12.2.